The van der Waals surface area contributed by atoms with Crippen molar-refractivity contribution in [3.63, 3.8) is 0 Å². The van der Waals surface area contributed by atoms with Gasteiger partial charge in [0, 0.05) is 25.4 Å². The summed E-state index contributed by atoms with van der Waals surface area (Å²) in [6.07, 6.45) is 3.29. The van der Waals surface area contributed by atoms with E-state index in [0.717, 1.165) is 5.69 Å². The van der Waals surface area contributed by atoms with Crippen LogP contribution in [0.2, 0.25) is 0 Å². The minimum Gasteiger partial charge on any atom is -0.480 e. The Morgan fingerprint density at radius 1 is 1.42 bits per heavy atom. The number of amides is 1. The second kappa shape index (κ2) is 6.97. The molecule has 0 aromatic carbocycles. The van der Waals surface area contributed by atoms with Crippen LogP contribution < -0.4 is 5.32 Å². The molecule has 0 saturated heterocycles. The third kappa shape index (κ3) is 5.16. The Balaban J connectivity index is 2.45. The maximum Gasteiger partial charge on any atom is 0.326 e. The zero-order chi connectivity index (χ0) is 14.4. The van der Waals surface area contributed by atoms with E-state index >= 15 is 0 Å². The van der Waals surface area contributed by atoms with Crippen LogP contribution in [-0.4, -0.2) is 27.6 Å². The average molecular weight is 266 g/mol. The van der Waals surface area contributed by atoms with Crippen molar-refractivity contribution in [3.8, 4) is 0 Å². The van der Waals surface area contributed by atoms with Gasteiger partial charge in [-0.15, -0.1) is 0 Å². The van der Waals surface area contributed by atoms with Crippen molar-refractivity contribution in [3.05, 3.63) is 24.0 Å². The number of aryl methyl sites for hydroxylation is 2. The zero-order valence-electron chi connectivity index (χ0n) is 11.7. The van der Waals surface area contributed by atoms with E-state index in [1.807, 2.05) is 43.8 Å². The fraction of sp³-hybridized carbons (Fsp3) is 0.571. The molecule has 1 heterocycles. The summed E-state index contributed by atoms with van der Waals surface area (Å²) < 4.78 is 1.95. The van der Waals surface area contributed by atoms with E-state index in [1.165, 1.54) is 0 Å². The normalized spacial score (nSPS) is 12.4. The van der Waals surface area contributed by atoms with Gasteiger partial charge in [0.1, 0.15) is 6.04 Å². The molecule has 2 N–H and O–H groups in total. The maximum absolute atomic E-state index is 11.8. The minimum atomic E-state index is -0.971. The summed E-state index contributed by atoms with van der Waals surface area (Å²) in [4.78, 5) is 22.8. The van der Waals surface area contributed by atoms with Crippen LogP contribution in [0.5, 0.6) is 0 Å². The van der Waals surface area contributed by atoms with Crippen molar-refractivity contribution in [2.75, 3.05) is 0 Å². The number of nitrogens with one attached hydrogen (secondary N) is 1. The summed E-state index contributed by atoms with van der Waals surface area (Å²) in [5, 5.41) is 11.6. The number of rotatable bonds is 7. The fourth-order valence-electron chi connectivity index (χ4n) is 1.96. The number of carboxylic acid groups (broad SMARTS) is 1. The predicted molar refractivity (Wildman–Crippen MR) is 72.8 cm³/mol. The van der Waals surface area contributed by atoms with Gasteiger partial charge in [-0.2, -0.15) is 0 Å². The number of carbonyl (C=O) groups excluding carboxylic acids is 1. The van der Waals surface area contributed by atoms with E-state index in [9.17, 15) is 9.59 Å². The molecule has 0 radical (unpaired) electrons. The molecule has 0 saturated carbocycles. The molecule has 1 aromatic rings. The molecule has 0 spiro atoms. The third-order valence-electron chi connectivity index (χ3n) is 3.00. The molecule has 0 aliphatic carbocycles. The Morgan fingerprint density at radius 3 is 2.58 bits per heavy atom. The molecule has 5 heteroatoms. The topological polar surface area (TPSA) is 71.3 Å². The van der Waals surface area contributed by atoms with Gasteiger partial charge >= 0.3 is 5.97 Å². The summed E-state index contributed by atoms with van der Waals surface area (Å²) >= 11 is 0. The number of hydrogen-bond acceptors (Lipinski definition) is 2. The first-order valence-corrected chi connectivity index (χ1v) is 6.52. The lowest BCUT2D eigenvalue weighted by Gasteiger charge is -2.16. The van der Waals surface area contributed by atoms with Crippen molar-refractivity contribution in [1.82, 2.24) is 9.88 Å². The Kier molecular flexibility index (Phi) is 5.60. The van der Waals surface area contributed by atoms with Crippen molar-refractivity contribution < 1.29 is 14.7 Å². The molecule has 106 valence electrons. The molecule has 1 rings (SSSR count). The molecule has 0 unspecified atom stereocenters. The van der Waals surface area contributed by atoms with E-state index in [-0.39, 0.29) is 11.8 Å². The lowest BCUT2D eigenvalue weighted by molar-refractivity contribution is -0.142. The van der Waals surface area contributed by atoms with Gasteiger partial charge in [-0.1, -0.05) is 13.8 Å². The molecule has 0 fully saturated rings. The Labute approximate surface area is 113 Å². The number of carbonyl (C=O) groups is 2. The van der Waals surface area contributed by atoms with Gasteiger partial charge in [-0.25, -0.2) is 4.79 Å². The average Bonchev–Trinajstić information content (AvgIpc) is 2.70. The van der Waals surface area contributed by atoms with Crippen LogP contribution in [0, 0.1) is 5.92 Å². The van der Waals surface area contributed by atoms with Crippen LogP contribution in [0.3, 0.4) is 0 Å². The monoisotopic (exact) mass is 266 g/mol. The Morgan fingerprint density at radius 2 is 2.11 bits per heavy atom. The van der Waals surface area contributed by atoms with Crippen molar-refractivity contribution in [1.29, 1.82) is 0 Å². The Bertz CT molecular complexity index is 438. The second-order valence-corrected chi connectivity index (χ2v) is 5.20. The van der Waals surface area contributed by atoms with Gasteiger partial charge in [0.15, 0.2) is 0 Å². The standard InChI is InChI=1S/C14H22N2O3/c1-10(2)9-12(14(18)19)15-13(17)7-6-11-5-4-8-16(11)3/h4-5,8,10,12H,6-7,9H2,1-3H3,(H,15,17)(H,18,19)/t12-/m0/s1. The van der Waals surface area contributed by atoms with Gasteiger partial charge < -0.3 is 15.0 Å². The smallest absolute Gasteiger partial charge is 0.326 e. The van der Waals surface area contributed by atoms with Gasteiger partial charge in [0.05, 0.1) is 0 Å². The lowest BCUT2D eigenvalue weighted by atomic mass is 10.0. The molecule has 0 bridgehead atoms. The molecular weight excluding hydrogens is 244 g/mol. The zero-order valence-corrected chi connectivity index (χ0v) is 11.7. The summed E-state index contributed by atoms with van der Waals surface area (Å²) in [6, 6.07) is 3.09. The fourth-order valence-corrected chi connectivity index (χ4v) is 1.96. The quantitative estimate of drug-likeness (QED) is 0.787. The van der Waals surface area contributed by atoms with Crippen LogP contribution in [-0.2, 0) is 23.1 Å². The third-order valence-corrected chi connectivity index (χ3v) is 3.00. The summed E-state index contributed by atoms with van der Waals surface area (Å²) in [5.41, 5.74) is 1.06. The van der Waals surface area contributed by atoms with E-state index in [2.05, 4.69) is 5.32 Å². The molecular formula is C14H22N2O3. The van der Waals surface area contributed by atoms with Crippen LogP contribution in [0.4, 0.5) is 0 Å². The lowest BCUT2D eigenvalue weighted by Crippen LogP contribution is -2.41. The predicted octanol–water partition coefficient (Wildman–Crippen LogP) is 1.57. The van der Waals surface area contributed by atoms with Crippen LogP contribution >= 0.6 is 0 Å². The summed E-state index contributed by atoms with van der Waals surface area (Å²) in [5.74, 6) is -0.954. The largest absolute Gasteiger partial charge is 0.480 e. The van der Waals surface area contributed by atoms with E-state index < -0.39 is 12.0 Å². The van der Waals surface area contributed by atoms with Crippen LogP contribution in [0.15, 0.2) is 18.3 Å². The number of aliphatic carboxylic acids is 1. The first kappa shape index (κ1) is 15.3. The first-order valence-electron chi connectivity index (χ1n) is 6.52. The molecule has 0 aliphatic heterocycles. The van der Waals surface area contributed by atoms with E-state index in [0.29, 0.717) is 19.3 Å². The summed E-state index contributed by atoms with van der Waals surface area (Å²) in [6.45, 7) is 3.87. The highest BCUT2D eigenvalue weighted by Crippen LogP contribution is 2.07. The minimum absolute atomic E-state index is 0.214. The molecule has 5 nitrogen and oxygen atoms in total. The molecule has 19 heavy (non-hydrogen) atoms. The SMILES string of the molecule is CC(C)C[C@H](NC(=O)CCc1cccn1C)C(=O)O. The van der Waals surface area contributed by atoms with Crippen molar-refractivity contribution in [2.24, 2.45) is 13.0 Å². The molecule has 1 atom stereocenters. The maximum atomic E-state index is 11.8. The first-order chi connectivity index (χ1) is 8.90. The van der Waals surface area contributed by atoms with Gasteiger partial charge in [-0.05, 0) is 30.9 Å². The van der Waals surface area contributed by atoms with Crippen LogP contribution in [0.25, 0.3) is 0 Å². The Hall–Kier alpha value is -1.78. The number of carboxylic acids is 1. The van der Waals surface area contributed by atoms with Gasteiger partial charge in [-0.3, -0.25) is 4.79 Å². The highest BCUT2D eigenvalue weighted by molar-refractivity contribution is 5.83. The van der Waals surface area contributed by atoms with Gasteiger partial charge in [0.25, 0.3) is 0 Å². The molecule has 1 amide bonds. The van der Waals surface area contributed by atoms with E-state index in [1.54, 1.807) is 0 Å². The highest BCUT2D eigenvalue weighted by Gasteiger charge is 2.20. The second-order valence-electron chi connectivity index (χ2n) is 5.20. The summed E-state index contributed by atoms with van der Waals surface area (Å²) in [7, 11) is 1.92. The van der Waals surface area contributed by atoms with Crippen molar-refractivity contribution in [2.45, 2.75) is 39.2 Å². The highest BCUT2D eigenvalue weighted by atomic mass is 16.4. The van der Waals surface area contributed by atoms with Crippen LogP contribution in [0.1, 0.15) is 32.4 Å². The molecule has 0 aliphatic rings. The van der Waals surface area contributed by atoms with Gasteiger partial charge in [0.2, 0.25) is 5.91 Å². The van der Waals surface area contributed by atoms with Crippen molar-refractivity contribution >= 4 is 11.9 Å². The number of nitrogens with zero attached hydrogens (tertiary/aromatic N) is 1. The number of hydrogen-bond donors (Lipinski definition) is 2. The molecule has 1 aromatic heterocycles. The van der Waals surface area contributed by atoms with E-state index in [4.69, 9.17) is 5.11 Å². The number of aromatic nitrogens is 1.